The number of aromatic nitrogens is 2. The first kappa shape index (κ1) is 21.8. The molecule has 35 heavy (non-hydrogen) atoms. The third-order valence-electron chi connectivity index (χ3n) is 5.36. The van der Waals surface area contributed by atoms with Crippen LogP contribution < -0.4 is 25.8 Å². The summed E-state index contributed by atoms with van der Waals surface area (Å²) in [5, 5.41) is 14.0. The van der Waals surface area contributed by atoms with Crippen molar-refractivity contribution in [2.45, 2.75) is 6.04 Å². The van der Waals surface area contributed by atoms with Crippen LogP contribution in [0.4, 0.5) is 0 Å². The first-order valence-electron chi connectivity index (χ1n) is 10.7. The normalized spacial score (nSPS) is 13.0. The summed E-state index contributed by atoms with van der Waals surface area (Å²) in [5.41, 5.74) is 3.26. The van der Waals surface area contributed by atoms with Gasteiger partial charge >= 0.3 is 0 Å². The predicted octanol–water partition coefficient (Wildman–Crippen LogP) is 2.27. The molecule has 3 N–H and O–H groups in total. The summed E-state index contributed by atoms with van der Waals surface area (Å²) >= 11 is 0. The zero-order valence-corrected chi connectivity index (χ0v) is 18.2. The number of H-pyrrole nitrogens is 1. The maximum atomic E-state index is 13.2. The number of ether oxygens (including phenoxy) is 2. The number of fused-ring (bicyclic) bond motifs is 2. The number of benzene rings is 3. The summed E-state index contributed by atoms with van der Waals surface area (Å²) in [6.45, 7) is 0.148. The fraction of sp³-hybridized carbons (Fsp3) is 0.0800. The van der Waals surface area contributed by atoms with Gasteiger partial charge in [-0.25, -0.2) is 10.5 Å². The van der Waals surface area contributed by atoms with Crippen molar-refractivity contribution < 1.29 is 19.1 Å². The molecule has 0 spiro atoms. The van der Waals surface area contributed by atoms with Gasteiger partial charge in [0.25, 0.3) is 17.4 Å². The number of hydrogen-bond acceptors (Lipinski definition) is 7. The Morgan fingerprint density at radius 3 is 2.54 bits per heavy atom. The molecule has 1 atom stereocenters. The molecule has 3 aromatic carbocycles. The van der Waals surface area contributed by atoms with Crippen LogP contribution in [0.25, 0.3) is 10.8 Å². The zero-order chi connectivity index (χ0) is 24.2. The van der Waals surface area contributed by atoms with Crippen molar-refractivity contribution in [3.05, 3.63) is 100.0 Å². The van der Waals surface area contributed by atoms with Gasteiger partial charge in [0.2, 0.25) is 6.79 Å². The average Bonchev–Trinajstić information content (AvgIpc) is 3.36. The van der Waals surface area contributed by atoms with Gasteiger partial charge in [0, 0.05) is 10.9 Å². The molecule has 1 aliphatic heterocycles. The molecule has 1 aliphatic rings. The minimum Gasteiger partial charge on any atom is -0.454 e. The molecule has 0 radical (unpaired) electrons. The van der Waals surface area contributed by atoms with Crippen LogP contribution in [-0.2, 0) is 4.79 Å². The molecule has 0 fully saturated rings. The van der Waals surface area contributed by atoms with E-state index in [0.29, 0.717) is 33.4 Å². The molecule has 1 aromatic heterocycles. The number of hydrogen-bond donors (Lipinski definition) is 3. The van der Waals surface area contributed by atoms with Crippen molar-refractivity contribution in [3.8, 4) is 11.5 Å². The van der Waals surface area contributed by atoms with Gasteiger partial charge in [-0.15, -0.1) is 0 Å². The van der Waals surface area contributed by atoms with E-state index in [9.17, 15) is 14.4 Å². The lowest BCUT2D eigenvalue weighted by atomic mass is 10.0. The standard InChI is InChI=1S/C25H19N5O5/c31-23(16-6-2-1-3-7-16)27-22(21-17-8-4-5-9-18(17)24(32)30-28-21)25(33)29-26-13-15-10-11-19-20(12-15)35-14-34-19/h1-13,22H,14H2,(H,27,31)(H,29,33)(H,30,32)/b26-13+. The van der Waals surface area contributed by atoms with Crippen LogP contribution in [0.15, 0.2) is 82.7 Å². The summed E-state index contributed by atoms with van der Waals surface area (Å²) in [6.07, 6.45) is 1.44. The summed E-state index contributed by atoms with van der Waals surface area (Å²) in [4.78, 5) is 38.3. The highest BCUT2D eigenvalue weighted by molar-refractivity contribution is 5.99. The summed E-state index contributed by atoms with van der Waals surface area (Å²) in [5.74, 6) is 0.0849. The van der Waals surface area contributed by atoms with Gasteiger partial charge in [0.05, 0.1) is 11.6 Å². The minimum absolute atomic E-state index is 0.148. The van der Waals surface area contributed by atoms with Crippen molar-refractivity contribution >= 4 is 28.8 Å². The molecule has 0 bridgehead atoms. The van der Waals surface area contributed by atoms with E-state index in [1.165, 1.54) is 6.21 Å². The zero-order valence-electron chi connectivity index (χ0n) is 18.2. The Labute approximate surface area is 198 Å². The second-order valence-electron chi connectivity index (χ2n) is 7.60. The second kappa shape index (κ2) is 9.48. The number of aromatic amines is 1. The number of hydrazone groups is 1. The first-order valence-corrected chi connectivity index (χ1v) is 10.7. The van der Waals surface area contributed by atoms with Crippen LogP contribution >= 0.6 is 0 Å². The Balaban J connectivity index is 1.44. The van der Waals surface area contributed by atoms with E-state index in [2.05, 4.69) is 26.0 Å². The Kier molecular flexibility index (Phi) is 5.91. The number of amides is 2. The quantitative estimate of drug-likeness (QED) is 0.293. The number of carbonyl (C=O) groups excluding carboxylic acids is 2. The van der Waals surface area contributed by atoms with Crippen LogP contribution in [0.3, 0.4) is 0 Å². The van der Waals surface area contributed by atoms with Crippen molar-refractivity contribution in [2.24, 2.45) is 5.10 Å². The van der Waals surface area contributed by atoms with E-state index in [-0.39, 0.29) is 12.5 Å². The molecule has 0 aliphatic carbocycles. The fourth-order valence-electron chi connectivity index (χ4n) is 3.65. The third-order valence-corrected chi connectivity index (χ3v) is 5.36. The van der Waals surface area contributed by atoms with Crippen molar-refractivity contribution in [1.82, 2.24) is 20.9 Å². The van der Waals surface area contributed by atoms with Crippen LogP contribution in [-0.4, -0.2) is 35.0 Å². The molecule has 10 nitrogen and oxygen atoms in total. The highest BCUT2D eigenvalue weighted by Crippen LogP contribution is 2.32. The van der Waals surface area contributed by atoms with Gasteiger partial charge in [-0.1, -0.05) is 36.4 Å². The van der Waals surface area contributed by atoms with Crippen LogP contribution in [0.1, 0.15) is 27.7 Å². The lowest BCUT2D eigenvalue weighted by Gasteiger charge is -2.18. The van der Waals surface area contributed by atoms with E-state index >= 15 is 0 Å². The third kappa shape index (κ3) is 4.58. The molecule has 2 amide bonds. The van der Waals surface area contributed by atoms with E-state index in [4.69, 9.17) is 9.47 Å². The summed E-state index contributed by atoms with van der Waals surface area (Å²) in [7, 11) is 0. The number of carbonyl (C=O) groups is 2. The highest BCUT2D eigenvalue weighted by atomic mass is 16.7. The van der Waals surface area contributed by atoms with Gasteiger partial charge in [0.1, 0.15) is 5.69 Å². The van der Waals surface area contributed by atoms with E-state index in [1.807, 2.05) is 0 Å². The Hall–Kier alpha value is -4.99. The molecule has 10 heteroatoms. The molecule has 1 unspecified atom stereocenters. The molecule has 4 aromatic rings. The van der Waals surface area contributed by atoms with Crippen LogP contribution in [0, 0.1) is 0 Å². The minimum atomic E-state index is -1.24. The predicted molar refractivity (Wildman–Crippen MR) is 127 cm³/mol. The Bertz CT molecular complexity index is 1500. The summed E-state index contributed by atoms with van der Waals surface area (Å²) < 4.78 is 10.6. The van der Waals surface area contributed by atoms with Crippen LogP contribution in [0.5, 0.6) is 11.5 Å². The second-order valence-corrected chi connectivity index (χ2v) is 7.60. The van der Waals surface area contributed by atoms with E-state index in [1.54, 1.807) is 72.8 Å². The van der Waals surface area contributed by atoms with Crippen molar-refractivity contribution in [3.63, 3.8) is 0 Å². The smallest absolute Gasteiger partial charge is 0.272 e. The number of rotatable bonds is 6. The summed E-state index contributed by atoms with van der Waals surface area (Å²) in [6, 6.07) is 19.2. The fourth-order valence-corrected chi connectivity index (χ4v) is 3.65. The van der Waals surface area contributed by atoms with E-state index < -0.39 is 23.4 Å². The topological polar surface area (TPSA) is 135 Å². The Morgan fingerprint density at radius 2 is 1.71 bits per heavy atom. The number of nitrogens with zero attached hydrogens (tertiary/aromatic N) is 2. The largest absolute Gasteiger partial charge is 0.454 e. The number of nitrogens with one attached hydrogen (secondary N) is 3. The Morgan fingerprint density at radius 1 is 0.971 bits per heavy atom. The maximum absolute atomic E-state index is 13.2. The molecule has 0 saturated carbocycles. The maximum Gasteiger partial charge on any atom is 0.272 e. The molecular weight excluding hydrogens is 450 g/mol. The molecule has 0 saturated heterocycles. The van der Waals surface area contributed by atoms with Gasteiger partial charge < -0.3 is 14.8 Å². The van der Waals surface area contributed by atoms with Gasteiger partial charge in [-0.05, 0) is 42.0 Å². The van der Waals surface area contributed by atoms with Gasteiger partial charge in [-0.2, -0.15) is 10.2 Å². The van der Waals surface area contributed by atoms with Crippen LogP contribution in [0.2, 0.25) is 0 Å². The highest BCUT2D eigenvalue weighted by Gasteiger charge is 2.27. The van der Waals surface area contributed by atoms with Crippen molar-refractivity contribution in [2.75, 3.05) is 6.79 Å². The van der Waals surface area contributed by atoms with Gasteiger partial charge in [0.15, 0.2) is 17.5 Å². The van der Waals surface area contributed by atoms with Gasteiger partial charge in [-0.3, -0.25) is 14.4 Å². The average molecular weight is 469 g/mol. The molecule has 5 rings (SSSR count). The van der Waals surface area contributed by atoms with E-state index in [0.717, 1.165) is 0 Å². The molecular formula is C25H19N5O5. The lowest BCUT2D eigenvalue weighted by Crippen LogP contribution is -2.40. The SMILES string of the molecule is O=C(NC(C(=O)N/N=C/c1ccc2c(c1)OCO2)c1n[nH]c(=O)c2ccccc12)c1ccccc1. The first-order chi connectivity index (χ1) is 17.1. The lowest BCUT2D eigenvalue weighted by molar-refractivity contribution is -0.123. The molecule has 2 heterocycles. The molecule has 174 valence electrons. The monoisotopic (exact) mass is 469 g/mol. The van der Waals surface area contributed by atoms with Crippen molar-refractivity contribution in [1.29, 1.82) is 0 Å².